The summed E-state index contributed by atoms with van der Waals surface area (Å²) in [7, 11) is 1.56. The number of halogens is 3. The van der Waals surface area contributed by atoms with E-state index in [9.17, 15) is 22.8 Å². The van der Waals surface area contributed by atoms with E-state index in [1.165, 1.54) is 6.07 Å². The standard InChI is InChI=1S/C24H24F3N3O2/c1-28-22(31)16-7-5-15(6-8-16)13-30-14-18(21-19(25)3-2-4-20(21)30)23(32)29-17-9-11-24(26,27)12-10-17/h2-8,14,17H,9-13H2,1H3,(H,28,31)(H,29,32). The monoisotopic (exact) mass is 443 g/mol. The molecule has 0 atom stereocenters. The summed E-state index contributed by atoms with van der Waals surface area (Å²) in [6.07, 6.45) is 1.45. The third-order valence-electron chi connectivity index (χ3n) is 5.95. The zero-order chi connectivity index (χ0) is 22.9. The fourth-order valence-electron chi connectivity index (χ4n) is 4.16. The molecule has 0 unspecified atom stereocenters. The number of alkyl halides is 2. The Hall–Kier alpha value is -3.29. The zero-order valence-electron chi connectivity index (χ0n) is 17.6. The first-order valence-corrected chi connectivity index (χ1v) is 10.5. The van der Waals surface area contributed by atoms with E-state index in [1.807, 2.05) is 0 Å². The number of nitrogens with one attached hydrogen (secondary N) is 2. The van der Waals surface area contributed by atoms with Crippen LogP contribution in [0.15, 0.2) is 48.7 Å². The van der Waals surface area contributed by atoms with Crippen LogP contribution in [-0.4, -0.2) is 35.4 Å². The van der Waals surface area contributed by atoms with E-state index in [-0.39, 0.29) is 48.6 Å². The molecule has 1 heterocycles. The summed E-state index contributed by atoms with van der Waals surface area (Å²) in [5.41, 5.74) is 2.14. The molecule has 2 aromatic carbocycles. The minimum Gasteiger partial charge on any atom is -0.355 e. The molecule has 0 aliphatic heterocycles. The summed E-state index contributed by atoms with van der Waals surface area (Å²) in [6, 6.07) is 11.3. The Balaban J connectivity index is 1.59. The Morgan fingerprint density at radius 2 is 1.75 bits per heavy atom. The van der Waals surface area contributed by atoms with Crippen LogP contribution in [0, 0.1) is 5.82 Å². The first-order valence-electron chi connectivity index (χ1n) is 10.5. The van der Waals surface area contributed by atoms with Gasteiger partial charge in [0.15, 0.2) is 0 Å². The lowest BCUT2D eigenvalue weighted by Gasteiger charge is -2.28. The van der Waals surface area contributed by atoms with Gasteiger partial charge >= 0.3 is 0 Å². The van der Waals surface area contributed by atoms with Crippen molar-refractivity contribution in [3.63, 3.8) is 0 Å². The molecule has 1 aromatic heterocycles. The van der Waals surface area contributed by atoms with Crippen molar-refractivity contribution in [1.29, 1.82) is 0 Å². The highest BCUT2D eigenvalue weighted by Crippen LogP contribution is 2.33. The predicted octanol–water partition coefficient (Wildman–Crippen LogP) is 4.50. The number of aromatic nitrogens is 1. The van der Waals surface area contributed by atoms with Crippen LogP contribution in [0.3, 0.4) is 0 Å². The Kier molecular flexibility index (Phi) is 5.95. The minimum absolute atomic E-state index is 0.178. The SMILES string of the molecule is CNC(=O)c1ccc(Cn2cc(C(=O)NC3CCC(F)(F)CC3)c3c(F)cccc32)cc1. The van der Waals surface area contributed by atoms with Gasteiger partial charge in [0.2, 0.25) is 5.92 Å². The second-order valence-electron chi connectivity index (χ2n) is 8.18. The highest BCUT2D eigenvalue weighted by Gasteiger charge is 2.35. The Bertz CT molecular complexity index is 1150. The smallest absolute Gasteiger partial charge is 0.253 e. The van der Waals surface area contributed by atoms with Crippen molar-refractivity contribution in [2.75, 3.05) is 7.05 Å². The second kappa shape index (κ2) is 8.68. The lowest BCUT2D eigenvalue weighted by molar-refractivity contribution is -0.0399. The van der Waals surface area contributed by atoms with E-state index in [4.69, 9.17) is 0 Å². The molecule has 1 fully saturated rings. The van der Waals surface area contributed by atoms with Crippen molar-refractivity contribution >= 4 is 22.7 Å². The van der Waals surface area contributed by atoms with Gasteiger partial charge in [0, 0.05) is 49.6 Å². The molecule has 0 bridgehead atoms. The number of amides is 2. The fraction of sp³-hybridized carbons (Fsp3) is 0.333. The number of nitrogens with zero attached hydrogens (tertiary/aromatic N) is 1. The van der Waals surface area contributed by atoms with Crippen LogP contribution >= 0.6 is 0 Å². The van der Waals surface area contributed by atoms with Crippen LogP contribution in [0.4, 0.5) is 13.2 Å². The number of hydrogen-bond acceptors (Lipinski definition) is 2. The Morgan fingerprint density at radius 1 is 1.06 bits per heavy atom. The molecule has 0 spiro atoms. The number of fused-ring (bicyclic) bond motifs is 1. The fourth-order valence-corrected chi connectivity index (χ4v) is 4.16. The quantitative estimate of drug-likeness (QED) is 0.610. The third kappa shape index (κ3) is 4.49. The summed E-state index contributed by atoms with van der Waals surface area (Å²) in [5, 5.41) is 5.56. The van der Waals surface area contributed by atoms with Crippen LogP contribution in [0.2, 0.25) is 0 Å². The molecule has 32 heavy (non-hydrogen) atoms. The predicted molar refractivity (Wildman–Crippen MR) is 115 cm³/mol. The van der Waals surface area contributed by atoms with Gasteiger partial charge in [0.05, 0.1) is 11.1 Å². The molecule has 3 aromatic rings. The molecular formula is C24H24F3N3O2. The van der Waals surface area contributed by atoms with Crippen LogP contribution in [-0.2, 0) is 6.54 Å². The van der Waals surface area contributed by atoms with E-state index < -0.39 is 17.6 Å². The zero-order valence-corrected chi connectivity index (χ0v) is 17.6. The maximum Gasteiger partial charge on any atom is 0.253 e. The lowest BCUT2D eigenvalue weighted by atomic mass is 9.92. The van der Waals surface area contributed by atoms with E-state index in [2.05, 4.69) is 10.6 Å². The Morgan fingerprint density at radius 3 is 2.41 bits per heavy atom. The van der Waals surface area contributed by atoms with E-state index in [0.717, 1.165) is 5.56 Å². The molecule has 0 saturated heterocycles. The number of carbonyl (C=O) groups excluding carboxylic acids is 2. The average Bonchev–Trinajstić information content (AvgIpc) is 3.15. The summed E-state index contributed by atoms with van der Waals surface area (Å²) in [4.78, 5) is 24.7. The van der Waals surface area contributed by atoms with Crippen LogP contribution in [0.25, 0.3) is 10.9 Å². The molecular weight excluding hydrogens is 419 g/mol. The van der Waals surface area contributed by atoms with Gasteiger partial charge in [0.1, 0.15) is 5.82 Å². The molecule has 2 N–H and O–H groups in total. The molecule has 0 radical (unpaired) electrons. The van der Waals surface area contributed by atoms with Gasteiger partial charge in [-0.05, 0) is 42.7 Å². The lowest BCUT2D eigenvalue weighted by Crippen LogP contribution is -2.40. The molecule has 2 amide bonds. The first kappa shape index (κ1) is 21.9. The number of hydrogen-bond donors (Lipinski definition) is 2. The molecule has 4 rings (SSSR count). The highest BCUT2D eigenvalue weighted by atomic mass is 19.3. The highest BCUT2D eigenvalue weighted by molar-refractivity contribution is 6.07. The van der Waals surface area contributed by atoms with Gasteiger partial charge in [-0.15, -0.1) is 0 Å². The van der Waals surface area contributed by atoms with Crippen molar-refractivity contribution in [2.45, 2.75) is 44.2 Å². The normalized spacial score (nSPS) is 16.1. The summed E-state index contributed by atoms with van der Waals surface area (Å²) in [5.74, 6) is -3.86. The molecule has 8 heteroatoms. The minimum atomic E-state index is -2.68. The largest absolute Gasteiger partial charge is 0.355 e. The van der Waals surface area contributed by atoms with Gasteiger partial charge in [-0.25, -0.2) is 13.2 Å². The summed E-state index contributed by atoms with van der Waals surface area (Å²) < 4.78 is 43.3. The number of benzene rings is 2. The van der Waals surface area contributed by atoms with Crippen molar-refractivity contribution in [3.8, 4) is 0 Å². The van der Waals surface area contributed by atoms with E-state index >= 15 is 0 Å². The maximum atomic E-state index is 14.7. The molecule has 5 nitrogen and oxygen atoms in total. The van der Waals surface area contributed by atoms with Crippen LogP contribution in [0.5, 0.6) is 0 Å². The Labute approximate surface area is 183 Å². The van der Waals surface area contributed by atoms with Gasteiger partial charge in [0.25, 0.3) is 11.8 Å². The van der Waals surface area contributed by atoms with Gasteiger partial charge < -0.3 is 15.2 Å². The molecule has 1 saturated carbocycles. The van der Waals surface area contributed by atoms with Crippen molar-refractivity contribution in [3.05, 3.63) is 71.2 Å². The van der Waals surface area contributed by atoms with Crippen molar-refractivity contribution < 1.29 is 22.8 Å². The summed E-state index contributed by atoms with van der Waals surface area (Å²) in [6.45, 7) is 0.372. The first-order chi connectivity index (χ1) is 15.3. The average molecular weight is 443 g/mol. The summed E-state index contributed by atoms with van der Waals surface area (Å²) >= 11 is 0. The van der Waals surface area contributed by atoms with Crippen molar-refractivity contribution in [2.24, 2.45) is 0 Å². The third-order valence-corrected chi connectivity index (χ3v) is 5.95. The van der Waals surface area contributed by atoms with E-state index in [1.54, 1.807) is 54.2 Å². The van der Waals surface area contributed by atoms with Gasteiger partial charge in [-0.3, -0.25) is 9.59 Å². The second-order valence-corrected chi connectivity index (χ2v) is 8.18. The van der Waals surface area contributed by atoms with Gasteiger partial charge in [-0.2, -0.15) is 0 Å². The van der Waals surface area contributed by atoms with Crippen molar-refractivity contribution in [1.82, 2.24) is 15.2 Å². The number of rotatable bonds is 5. The maximum absolute atomic E-state index is 14.7. The van der Waals surface area contributed by atoms with E-state index in [0.29, 0.717) is 17.6 Å². The molecule has 1 aliphatic carbocycles. The van der Waals surface area contributed by atoms with Gasteiger partial charge in [-0.1, -0.05) is 18.2 Å². The topological polar surface area (TPSA) is 63.1 Å². The van der Waals surface area contributed by atoms with Crippen LogP contribution in [0.1, 0.15) is 52.0 Å². The number of carbonyl (C=O) groups is 2. The molecule has 168 valence electrons. The molecule has 1 aliphatic rings. The van der Waals surface area contributed by atoms with Crippen LogP contribution < -0.4 is 10.6 Å².